The van der Waals surface area contributed by atoms with Crippen molar-refractivity contribution in [3.05, 3.63) is 27.2 Å². The third-order valence-electron chi connectivity index (χ3n) is 1.76. The van der Waals surface area contributed by atoms with Crippen molar-refractivity contribution in [2.24, 2.45) is 0 Å². The number of benzene rings is 1. The van der Waals surface area contributed by atoms with E-state index in [1.807, 2.05) is 6.92 Å². The Labute approximate surface area is 111 Å². The van der Waals surface area contributed by atoms with E-state index >= 15 is 0 Å². The molecule has 0 aliphatic rings. The molecular weight excluding hydrogens is 285 g/mol. The van der Waals surface area contributed by atoms with Gasteiger partial charge in [0.1, 0.15) is 5.01 Å². The fourth-order valence-electron chi connectivity index (χ4n) is 1.05. The van der Waals surface area contributed by atoms with Crippen molar-refractivity contribution in [2.75, 3.05) is 5.73 Å². The van der Waals surface area contributed by atoms with E-state index in [1.165, 1.54) is 23.1 Å². The van der Waals surface area contributed by atoms with Crippen LogP contribution in [0.3, 0.4) is 0 Å². The highest BCUT2D eigenvalue weighted by atomic mass is 35.5. The van der Waals surface area contributed by atoms with E-state index in [1.54, 1.807) is 12.1 Å². The molecule has 1 heterocycles. The van der Waals surface area contributed by atoms with Gasteiger partial charge < -0.3 is 5.73 Å². The summed E-state index contributed by atoms with van der Waals surface area (Å²) in [7, 11) is 0. The molecular formula is C9H7Cl2N3S2. The molecule has 0 saturated heterocycles. The molecule has 84 valence electrons. The molecule has 0 atom stereocenters. The monoisotopic (exact) mass is 291 g/mol. The Morgan fingerprint density at radius 2 is 1.94 bits per heavy atom. The number of halogens is 2. The van der Waals surface area contributed by atoms with E-state index in [2.05, 4.69) is 10.2 Å². The summed E-state index contributed by atoms with van der Waals surface area (Å²) in [6, 6.07) is 3.38. The summed E-state index contributed by atoms with van der Waals surface area (Å²) in [6.45, 7) is 1.90. The van der Waals surface area contributed by atoms with Crippen LogP contribution in [0.25, 0.3) is 0 Å². The van der Waals surface area contributed by atoms with Crippen LogP contribution in [0.4, 0.5) is 5.69 Å². The van der Waals surface area contributed by atoms with Gasteiger partial charge in [0, 0.05) is 10.6 Å². The lowest BCUT2D eigenvalue weighted by Crippen LogP contribution is -1.88. The third-order valence-corrected chi connectivity index (χ3v) is 4.44. The highest BCUT2D eigenvalue weighted by Gasteiger charge is 2.09. The molecule has 2 N–H and O–H groups in total. The SMILES string of the molecule is Cc1nnc(Sc2cc(Cl)c(Cl)cc2N)s1. The molecule has 0 aliphatic carbocycles. The van der Waals surface area contributed by atoms with E-state index in [0.29, 0.717) is 15.7 Å². The zero-order chi connectivity index (χ0) is 11.7. The molecule has 0 amide bonds. The van der Waals surface area contributed by atoms with Gasteiger partial charge >= 0.3 is 0 Å². The van der Waals surface area contributed by atoms with Gasteiger partial charge in [0.2, 0.25) is 0 Å². The van der Waals surface area contributed by atoms with Crippen LogP contribution in [0, 0.1) is 6.92 Å². The van der Waals surface area contributed by atoms with Crippen molar-refractivity contribution < 1.29 is 0 Å². The van der Waals surface area contributed by atoms with Gasteiger partial charge in [-0.1, -0.05) is 46.3 Å². The number of aromatic nitrogens is 2. The Hall–Kier alpha value is -0.490. The molecule has 0 radical (unpaired) electrons. The van der Waals surface area contributed by atoms with Gasteiger partial charge in [0.15, 0.2) is 4.34 Å². The molecule has 1 aromatic heterocycles. The van der Waals surface area contributed by atoms with Gasteiger partial charge in [-0.2, -0.15) is 0 Å². The molecule has 0 aliphatic heterocycles. The van der Waals surface area contributed by atoms with Gasteiger partial charge in [-0.15, -0.1) is 10.2 Å². The Bertz CT molecular complexity index is 527. The fourth-order valence-corrected chi connectivity index (χ4v) is 3.28. The van der Waals surface area contributed by atoms with E-state index in [9.17, 15) is 0 Å². The number of aryl methyl sites for hydroxylation is 1. The predicted molar refractivity (Wildman–Crippen MR) is 69.6 cm³/mol. The molecule has 2 aromatic rings. The Balaban J connectivity index is 2.31. The molecule has 1 aromatic carbocycles. The summed E-state index contributed by atoms with van der Waals surface area (Å²) in [5.41, 5.74) is 6.43. The zero-order valence-electron chi connectivity index (χ0n) is 8.20. The van der Waals surface area contributed by atoms with Gasteiger partial charge in [0.25, 0.3) is 0 Å². The summed E-state index contributed by atoms with van der Waals surface area (Å²) in [5, 5.41) is 9.79. The first-order valence-corrected chi connectivity index (χ1v) is 6.67. The van der Waals surface area contributed by atoms with Crippen molar-refractivity contribution in [1.29, 1.82) is 0 Å². The molecule has 0 saturated carbocycles. The second-order valence-corrected chi connectivity index (χ2v) is 6.28. The van der Waals surface area contributed by atoms with E-state index < -0.39 is 0 Å². The molecule has 16 heavy (non-hydrogen) atoms. The molecule has 0 fully saturated rings. The number of hydrogen-bond acceptors (Lipinski definition) is 5. The number of nitrogens with two attached hydrogens (primary N) is 1. The van der Waals surface area contributed by atoms with Crippen LogP contribution in [-0.4, -0.2) is 10.2 Å². The molecule has 7 heteroatoms. The van der Waals surface area contributed by atoms with Crippen molar-refractivity contribution in [3.8, 4) is 0 Å². The first-order chi connectivity index (χ1) is 7.56. The van der Waals surface area contributed by atoms with Crippen molar-refractivity contribution in [3.63, 3.8) is 0 Å². The van der Waals surface area contributed by atoms with Crippen molar-refractivity contribution >= 4 is 52.0 Å². The Kier molecular flexibility index (Phi) is 3.59. The number of nitrogens with zero attached hydrogens (tertiary/aromatic N) is 2. The molecule has 0 spiro atoms. The average Bonchev–Trinajstić information content (AvgIpc) is 2.60. The maximum Gasteiger partial charge on any atom is 0.179 e. The van der Waals surface area contributed by atoms with Gasteiger partial charge in [-0.3, -0.25) is 0 Å². The van der Waals surface area contributed by atoms with E-state index in [4.69, 9.17) is 28.9 Å². The van der Waals surface area contributed by atoms with Gasteiger partial charge in [-0.05, 0) is 19.1 Å². The molecule has 3 nitrogen and oxygen atoms in total. The van der Waals surface area contributed by atoms with Crippen LogP contribution < -0.4 is 5.73 Å². The first kappa shape index (κ1) is 12.0. The van der Waals surface area contributed by atoms with Crippen LogP contribution in [0.15, 0.2) is 21.4 Å². The maximum absolute atomic E-state index is 5.92. The maximum atomic E-state index is 5.92. The lowest BCUT2D eigenvalue weighted by atomic mass is 10.3. The number of rotatable bonds is 2. The van der Waals surface area contributed by atoms with Crippen molar-refractivity contribution in [1.82, 2.24) is 10.2 Å². The normalized spacial score (nSPS) is 10.7. The smallest absolute Gasteiger partial charge is 0.179 e. The van der Waals surface area contributed by atoms with Crippen LogP contribution in [0.1, 0.15) is 5.01 Å². The molecule has 0 unspecified atom stereocenters. The summed E-state index contributed by atoms with van der Waals surface area (Å²) in [6.07, 6.45) is 0. The van der Waals surface area contributed by atoms with Crippen LogP contribution in [-0.2, 0) is 0 Å². The van der Waals surface area contributed by atoms with Crippen LogP contribution in [0.5, 0.6) is 0 Å². The first-order valence-electron chi connectivity index (χ1n) is 4.29. The lowest BCUT2D eigenvalue weighted by Gasteiger charge is -2.04. The third kappa shape index (κ3) is 2.60. The zero-order valence-corrected chi connectivity index (χ0v) is 11.3. The van der Waals surface area contributed by atoms with Gasteiger partial charge in [-0.25, -0.2) is 0 Å². The second kappa shape index (κ2) is 4.79. The average molecular weight is 292 g/mol. The fraction of sp³-hybridized carbons (Fsp3) is 0.111. The highest BCUT2D eigenvalue weighted by molar-refractivity contribution is 8.01. The summed E-state index contributed by atoms with van der Waals surface area (Å²) < 4.78 is 0.836. The Morgan fingerprint density at radius 1 is 1.25 bits per heavy atom. The molecule has 0 bridgehead atoms. The summed E-state index contributed by atoms with van der Waals surface area (Å²) in [5.74, 6) is 0. The lowest BCUT2D eigenvalue weighted by molar-refractivity contribution is 0.984. The number of anilines is 1. The quantitative estimate of drug-likeness (QED) is 0.853. The minimum atomic E-state index is 0.456. The topological polar surface area (TPSA) is 51.8 Å². The summed E-state index contributed by atoms with van der Waals surface area (Å²) in [4.78, 5) is 0.838. The molecule has 2 rings (SSSR count). The Morgan fingerprint density at radius 3 is 2.56 bits per heavy atom. The van der Waals surface area contributed by atoms with Crippen molar-refractivity contribution in [2.45, 2.75) is 16.2 Å². The minimum absolute atomic E-state index is 0.456. The predicted octanol–water partition coefficient (Wildman–Crippen LogP) is 3.89. The highest BCUT2D eigenvalue weighted by Crippen LogP contribution is 2.37. The number of hydrogen-bond donors (Lipinski definition) is 1. The largest absolute Gasteiger partial charge is 0.398 e. The second-order valence-electron chi connectivity index (χ2n) is 2.99. The summed E-state index contributed by atoms with van der Waals surface area (Å²) >= 11 is 14.7. The van der Waals surface area contributed by atoms with E-state index in [-0.39, 0.29) is 0 Å². The standard InChI is InChI=1S/C9H7Cl2N3S2/c1-4-13-14-9(15-4)16-8-3-6(11)5(10)2-7(8)12/h2-3H,12H2,1H3. The van der Waals surface area contributed by atoms with Crippen LogP contribution in [0.2, 0.25) is 10.0 Å². The van der Waals surface area contributed by atoms with Gasteiger partial charge in [0.05, 0.1) is 10.0 Å². The number of nitrogen functional groups attached to an aromatic ring is 1. The van der Waals surface area contributed by atoms with E-state index in [0.717, 1.165) is 14.2 Å². The van der Waals surface area contributed by atoms with Crippen LogP contribution >= 0.6 is 46.3 Å². The minimum Gasteiger partial charge on any atom is -0.398 e.